The predicted molar refractivity (Wildman–Crippen MR) is 59.2 cm³/mol. The zero-order chi connectivity index (χ0) is 10.7. The average Bonchev–Trinajstić information content (AvgIpc) is 2.12. The molecule has 0 aromatic rings. The van der Waals surface area contributed by atoms with Gasteiger partial charge in [-0.25, -0.2) is 4.39 Å². The summed E-state index contributed by atoms with van der Waals surface area (Å²) in [6.45, 7) is 2.96. The van der Waals surface area contributed by atoms with Crippen LogP contribution < -0.4 is 5.73 Å². The molecule has 0 amide bonds. The number of alkyl halides is 1. The smallest absolute Gasteiger partial charge is 0.112 e. The topological polar surface area (TPSA) is 26.0 Å². The third-order valence-corrected chi connectivity index (χ3v) is 5.43. The first-order chi connectivity index (χ1) is 7.05. The van der Waals surface area contributed by atoms with Gasteiger partial charge >= 0.3 is 0 Å². The largest absolute Gasteiger partial charge is 0.330 e. The molecule has 3 atom stereocenters. The molecule has 0 aromatic carbocycles. The van der Waals surface area contributed by atoms with Gasteiger partial charge in [-0.05, 0) is 68.2 Å². The van der Waals surface area contributed by atoms with Crippen molar-refractivity contribution in [2.75, 3.05) is 6.54 Å². The SMILES string of the molecule is C[C@H](CN)C12CC3CC(CC(F)(C3)C1)C2. The van der Waals surface area contributed by atoms with Gasteiger partial charge in [0.05, 0.1) is 0 Å². The first-order valence-corrected chi connectivity index (χ1v) is 6.44. The number of halogens is 1. The molecule has 4 saturated carbocycles. The van der Waals surface area contributed by atoms with Crippen LogP contribution in [0.25, 0.3) is 0 Å². The fourth-order valence-corrected chi connectivity index (χ4v) is 5.05. The van der Waals surface area contributed by atoms with Crippen LogP contribution in [0.4, 0.5) is 4.39 Å². The van der Waals surface area contributed by atoms with E-state index < -0.39 is 5.67 Å². The molecule has 4 aliphatic rings. The highest BCUT2D eigenvalue weighted by molar-refractivity contribution is 5.09. The van der Waals surface area contributed by atoms with Crippen molar-refractivity contribution in [3.63, 3.8) is 0 Å². The second-order valence-corrected chi connectivity index (χ2v) is 6.61. The molecule has 0 saturated heterocycles. The zero-order valence-corrected chi connectivity index (χ0v) is 9.64. The van der Waals surface area contributed by atoms with Crippen LogP contribution in [0.15, 0.2) is 0 Å². The van der Waals surface area contributed by atoms with Crippen LogP contribution >= 0.6 is 0 Å². The molecular weight excluding hydrogens is 189 g/mol. The molecule has 0 heterocycles. The molecule has 15 heavy (non-hydrogen) atoms. The van der Waals surface area contributed by atoms with Crippen LogP contribution in [0.3, 0.4) is 0 Å². The maximum absolute atomic E-state index is 14.6. The lowest BCUT2D eigenvalue weighted by atomic mass is 9.46. The van der Waals surface area contributed by atoms with Gasteiger partial charge in [0.25, 0.3) is 0 Å². The molecule has 2 N–H and O–H groups in total. The second-order valence-electron chi connectivity index (χ2n) is 6.61. The van der Waals surface area contributed by atoms with Crippen molar-refractivity contribution in [2.45, 2.75) is 51.1 Å². The normalized spacial score (nSPS) is 54.6. The summed E-state index contributed by atoms with van der Waals surface area (Å²) in [4.78, 5) is 0. The molecule has 4 fully saturated rings. The van der Waals surface area contributed by atoms with Gasteiger partial charge in [0.1, 0.15) is 5.67 Å². The Bertz CT molecular complexity index is 262. The van der Waals surface area contributed by atoms with Crippen molar-refractivity contribution in [1.82, 2.24) is 0 Å². The van der Waals surface area contributed by atoms with Gasteiger partial charge in [0.15, 0.2) is 0 Å². The Hall–Kier alpha value is -0.110. The van der Waals surface area contributed by atoms with E-state index in [1.807, 2.05) is 0 Å². The highest BCUT2D eigenvalue weighted by Gasteiger charge is 2.59. The van der Waals surface area contributed by atoms with Crippen molar-refractivity contribution < 1.29 is 4.39 Å². The molecule has 2 heteroatoms. The van der Waals surface area contributed by atoms with Gasteiger partial charge in [-0.15, -0.1) is 0 Å². The highest BCUT2D eigenvalue weighted by atomic mass is 19.1. The Kier molecular flexibility index (Phi) is 1.99. The maximum atomic E-state index is 14.6. The molecule has 0 aliphatic heterocycles. The first kappa shape index (κ1) is 10.1. The number of rotatable bonds is 2. The third-order valence-electron chi connectivity index (χ3n) is 5.43. The lowest BCUT2D eigenvalue weighted by Gasteiger charge is -2.61. The van der Waals surface area contributed by atoms with E-state index in [0.717, 1.165) is 25.8 Å². The second kappa shape index (κ2) is 2.97. The van der Waals surface area contributed by atoms with Crippen LogP contribution in [0, 0.1) is 23.2 Å². The molecule has 4 bridgehead atoms. The fraction of sp³-hybridized carbons (Fsp3) is 1.00. The summed E-state index contributed by atoms with van der Waals surface area (Å²) in [6.07, 6.45) is 6.32. The van der Waals surface area contributed by atoms with Crippen LogP contribution in [-0.4, -0.2) is 12.2 Å². The summed E-state index contributed by atoms with van der Waals surface area (Å²) in [7, 11) is 0. The van der Waals surface area contributed by atoms with E-state index in [2.05, 4.69) is 6.92 Å². The van der Waals surface area contributed by atoms with Crippen LogP contribution in [0.1, 0.15) is 45.4 Å². The van der Waals surface area contributed by atoms with Crippen LogP contribution in [-0.2, 0) is 0 Å². The number of nitrogens with two attached hydrogens (primary N) is 1. The van der Waals surface area contributed by atoms with Crippen molar-refractivity contribution in [3.05, 3.63) is 0 Å². The first-order valence-electron chi connectivity index (χ1n) is 6.44. The third kappa shape index (κ3) is 1.37. The maximum Gasteiger partial charge on any atom is 0.112 e. The van der Waals surface area contributed by atoms with Gasteiger partial charge in [0.2, 0.25) is 0 Å². The Morgan fingerprint density at radius 3 is 2.33 bits per heavy atom. The molecule has 0 radical (unpaired) electrons. The monoisotopic (exact) mass is 211 g/mol. The van der Waals surface area contributed by atoms with E-state index in [-0.39, 0.29) is 5.41 Å². The average molecular weight is 211 g/mol. The van der Waals surface area contributed by atoms with Gasteiger partial charge < -0.3 is 5.73 Å². The van der Waals surface area contributed by atoms with Gasteiger partial charge in [-0.2, -0.15) is 0 Å². The van der Waals surface area contributed by atoms with E-state index in [1.165, 1.54) is 19.3 Å². The van der Waals surface area contributed by atoms with E-state index in [0.29, 0.717) is 17.8 Å². The molecule has 86 valence electrons. The van der Waals surface area contributed by atoms with Gasteiger partial charge in [-0.1, -0.05) is 6.92 Å². The number of hydrogen-bond donors (Lipinski definition) is 1. The molecule has 0 spiro atoms. The van der Waals surface area contributed by atoms with Gasteiger partial charge in [-0.3, -0.25) is 0 Å². The van der Waals surface area contributed by atoms with Crippen molar-refractivity contribution in [3.8, 4) is 0 Å². The summed E-state index contributed by atoms with van der Waals surface area (Å²) >= 11 is 0. The summed E-state index contributed by atoms with van der Waals surface area (Å²) < 4.78 is 14.6. The summed E-state index contributed by atoms with van der Waals surface area (Å²) in [5.41, 5.74) is 5.27. The van der Waals surface area contributed by atoms with Crippen molar-refractivity contribution in [1.29, 1.82) is 0 Å². The molecule has 4 aliphatic carbocycles. The van der Waals surface area contributed by atoms with E-state index >= 15 is 0 Å². The van der Waals surface area contributed by atoms with Crippen molar-refractivity contribution in [2.24, 2.45) is 28.9 Å². The summed E-state index contributed by atoms with van der Waals surface area (Å²) in [6, 6.07) is 0. The Balaban J connectivity index is 1.92. The minimum Gasteiger partial charge on any atom is -0.330 e. The molecule has 0 aromatic heterocycles. The van der Waals surface area contributed by atoms with Gasteiger partial charge in [0, 0.05) is 0 Å². The Morgan fingerprint density at radius 1 is 1.27 bits per heavy atom. The highest BCUT2D eigenvalue weighted by Crippen LogP contribution is 2.65. The van der Waals surface area contributed by atoms with Crippen LogP contribution in [0.2, 0.25) is 0 Å². The minimum atomic E-state index is -0.812. The number of hydrogen-bond acceptors (Lipinski definition) is 1. The Labute approximate surface area is 91.6 Å². The molecule has 1 nitrogen and oxygen atoms in total. The Morgan fingerprint density at radius 2 is 1.87 bits per heavy atom. The summed E-state index contributed by atoms with van der Waals surface area (Å²) in [5.74, 6) is 1.86. The quantitative estimate of drug-likeness (QED) is 0.746. The zero-order valence-electron chi connectivity index (χ0n) is 9.64. The molecular formula is C13H22FN. The van der Waals surface area contributed by atoms with Crippen molar-refractivity contribution >= 4 is 0 Å². The van der Waals surface area contributed by atoms with Crippen LogP contribution in [0.5, 0.6) is 0 Å². The molecule has 2 unspecified atom stereocenters. The van der Waals surface area contributed by atoms with E-state index in [4.69, 9.17) is 5.73 Å². The lowest BCUT2D eigenvalue weighted by Crippen LogP contribution is -2.56. The van der Waals surface area contributed by atoms with E-state index in [9.17, 15) is 4.39 Å². The fourth-order valence-electron chi connectivity index (χ4n) is 5.05. The molecule has 4 rings (SSSR count). The standard InChI is InChI=1S/C13H22FN/c1-9(7-15)12-3-10-2-11(4-12)6-13(14,5-10)8-12/h9-11H,2-8,15H2,1H3/t9-,10?,11?,12?,13?/m1/s1. The minimum absolute atomic E-state index is 0.271. The van der Waals surface area contributed by atoms with E-state index in [1.54, 1.807) is 0 Å². The summed E-state index contributed by atoms with van der Waals surface area (Å²) in [5, 5.41) is 0. The predicted octanol–water partition coefficient (Wildman–Crippen LogP) is 2.89. The lowest BCUT2D eigenvalue weighted by molar-refractivity contribution is -0.142.